The standard InChI is InChI=1S/C16H24N2OS/c1-11-3-4-14-13(7-11)8-15(20-14)16(19)18-6-5-12(10-18)9-17-2/h8,11-12,17H,3-7,9-10H2,1-2H3. The van der Waals surface area contributed by atoms with Crippen molar-refractivity contribution >= 4 is 17.2 Å². The maximum absolute atomic E-state index is 12.6. The van der Waals surface area contributed by atoms with Gasteiger partial charge >= 0.3 is 0 Å². The van der Waals surface area contributed by atoms with Crippen LogP contribution in [0.5, 0.6) is 0 Å². The Morgan fingerprint density at radius 1 is 1.50 bits per heavy atom. The van der Waals surface area contributed by atoms with Crippen LogP contribution in [0, 0.1) is 11.8 Å². The van der Waals surface area contributed by atoms with E-state index in [-0.39, 0.29) is 5.91 Å². The van der Waals surface area contributed by atoms with Gasteiger partial charge in [0.25, 0.3) is 5.91 Å². The molecule has 2 aliphatic rings. The highest BCUT2D eigenvalue weighted by molar-refractivity contribution is 7.14. The van der Waals surface area contributed by atoms with Gasteiger partial charge in [-0.3, -0.25) is 4.79 Å². The maximum Gasteiger partial charge on any atom is 0.263 e. The third-order valence-corrected chi connectivity index (χ3v) is 5.83. The fraction of sp³-hybridized carbons (Fsp3) is 0.688. The number of likely N-dealkylation sites (tertiary alicyclic amines) is 1. The van der Waals surface area contributed by atoms with Crippen LogP contribution in [0.2, 0.25) is 0 Å². The molecule has 110 valence electrons. The lowest BCUT2D eigenvalue weighted by molar-refractivity contribution is 0.0792. The first kappa shape index (κ1) is 14.1. The topological polar surface area (TPSA) is 32.3 Å². The predicted molar refractivity (Wildman–Crippen MR) is 83.4 cm³/mol. The van der Waals surface area contributed by atoms with E-state index in [0.29, 0.717) is 5.92 Å². The lowest BCUT2D eigenvalue weighted by atomic mass is 9.90. The van der Waals surface area contributed by atoms with Crippen molar-refractivity contribution in [3.63, 3.8) is 0 Å². The first-order valence-corrected chi connectivity index (χ1v) is 8.54. The first-order chi connectivity index (χ1) is 9.67. The third-order valence-electron chi connectivity index (χ3n) is 4.61. The third kappa shape index (κ3) is 2.77. The summed E-state index contributed by atoms with van der Waals surface area (Å²) < 4.78 is 0. The molecule has 2 heterocycles. The number of nitrogens with zero attached hydrogens (tertiary/aromatic N) is 1. The highest BCUT2D eigenvalue weighted by Gasteiger charge is 2.28. The Labute approximate surface area is 125 Å². The van der Waals surface area contributed by atoms with Crippen molar-refractivity contribution < 1.29 is 4.79 Å². The van der Waals surface area contributed by atoms with Crippen molar-refractivity contribution in [3.8, 4) is 0 Å². The van der Waals surface area contributed by atoms with E-state index in [1.807, 2.05) is 11.9 Å². The fourth-order valence-corrected chi connectivity index (χ4v) is 4.62. The Morgan fingerprint density at radius 3 is 3.15 bits per heavy atom. The van der Waals surface area contributed by atoms with E-state index in [2.05, 4.69) is 18.3 Å². The Kier molecular flexibility index (Phi) is 4.13. The molecule has 1 saturated heterocycles. The van der Waals surface area contributed by atoms with Gasteiger partial charge in [-0.15, -0.1) is 11.3 Å². The molecule has 20 heavy (non-hydrogen) atoms. The van der Waals surface area contributed by atoms with E-state index < -0.39 is 0 Å². The summed E-state index contributed by atoms with van der Waals surface area (Å²) in [5.74, 6) is 1.65. The average molecular weight is 292 g/mol. The number of carbonyl (C=O) groups excluding carboxylic acids is 1. The number of hydrogen-bond donors (Lipinski definition) is 1. The van der Waals surface area contributed by atoms with Gasteiger partial charge in [-0.2, -0.15) is 0 Å². The number of hydrogen-bond acceptors (Lipinski definition) is 3. The Morgan fingerprint density at radius 2 is 2.35 bits per heavy atom. The zero-order chi connectivity index (χ0) is 14.1. The summed E-state index contributed by atoms with van der Waals surface area (Å²) in [6.45, 7) is 5.16. The lowest BCUT2D eigenvalue weighted by Crippen LogP contribution is -2.29. The zero-order valence-electron chi connectivity index (χ0n) is 12.4. The van der Waals surface area contributed by atoms with Gasteiger partial charge in [-0.25, -0.2) is 0 Å². The number of thiophene rings is 1. The summed E-state index contributed by atoms with van der Waals surface area (Å²) in [5.41, 5.74) is 1.43. The van der Waals surface area contributed by atoms with Crippen LogP contribution in [0.1, 0.15) is 39.9 Å². The highest BCUT2D eigenvalue weighted by Crippen LogP contribution is 2.33. The first-order valence-electron chi connectivity index (χ1n) is 7.73. The summed E-state index contributed by atoms with van der Waals surface area (Å²) in [7, 11) is 1.99. The molecule has 1 aliphatic heterocycles. The molecule has 3 rings (SSSR count). The van der Waals surface area contributed by atoms with Crippen molar-refractivity contribution in [3.05, 3.63) is 21.4 Å². The predicted octanol–water partition coefficient (Wildman–Crippen LogP) is 2.55. The number of carbonyl (C=O) groups is 1. The van der Waals surface area contributed by atoms with Gasteiger partial charge in [0.1, 0.15) is 0 Å². The molecule has 1 amide bonds. The summed E-state index contributed by atoms with van der Waals surface area (Å²) in [6, 6.07) is 2.17. The van der Waals surface area contributed by atoms with E-state index >= 15 is 0 Å². The van der Waals surface area contributed by atoms with E-state index in [9.17, 15) is 4.79 Å². The Balaban J connectivity index is 1.69. The van der Waals surface area contributed by atoms with Crippen LogP contribution < -0.4 is 5.32 Å². The molecule has 1 fully saturated rings. The molecule has 1 aromatic heterocycles. The molecular formula is C16H24N2OS. The normalized spacial score (nSPS) is 25.8. The van der Waals surface area contributed by atoms with Gasteiger partial charge in [0.15, 0.2) is 0 Å². The molecule has 1 aromatic rings. The number of aryl methyl sites for hydroxylation is 1. The minimum Gasteiger partial charge on any atom is -0.338 e. The minimum absolute atomic E-state index is 0.260. The van der Waals surface area contributed by atoms with Crippen molar-refractivity contribution in [2.45, 2.75) is 32.6 Å². The second kappa shape index (κ2) is 5.86. The summed E-state index contributed by atoms with van der Waals surface area (Å²) in [5, 5.41) is 3.22. The van der Waals surface area contributed by atoms with Crippen molar-refractivity contribution in [2.24, 2.45) is 11.8 Å². The van der Waals surface area contributed by atoms with E-state index in [1.165, 1.54) is 16.9 Å². The number of fused-ring (bicyclic) bond motifs is 1. The quantitative estimate of drug-likeness (QED) is 0.928. The second-order valence-corrected chi connectivity index (χ2v) is 7.51. The molecule has 3 nitrogen and oxygen atoms in total. The molecular weight excluding hydrogens is 268 g/mol. The average Bonchev–Trinajstić information content (AvgIpc) is 3.04. The van der Waals surface area contributed by atoms with E-state index in [1.54, 1.807) is 11.3 Å². The zero-order valence-corrected chi connectivity index (χ0v) is 13.3. The molecule has 0 spiro atoms. The molecule has 0 saturated carbocycles. The number of amides is 1. The maximum atomic E-state index is 12.6. The van der Waals surface area contributed by atoms with Crippen LogP contribution in [-0.4, -0.2) is 37.5 Å². The fourth-order valence-electron chi connectivity index (χ4n) is 3.44. The smallest absolute Gasteiger partial charge is 0.263 e. The van der Waals surface area contributed by atoms with Gasteiger partial charge < -0.3 is 10.2 Å². The Hall–Kier alpha value is -0.870. The van der Waals surface area contributed by atoms with Crippen LogP contribution >= 0.6 is 11.3 Å². The van der Waals surface area contributed by atoms with Crippen LogP contribution in [-0.2, 0) is 12.8 Å². The molecule has 1 N–H and O–H groups in total. The second-order valence-electron chi connectivity index (χ2n) is 6.37. The number of rotatable bonds is 3. The van der Waals surface area contributed by atoms with Gasteiger partial charge in [-0.1, -0.05) is 6.92 Å². The molecule has 4 heteroatoms. The van der Waals surface area contributed by atoms with Crippen molar-refractivity contribution in [2.75, 3.05) is 26.7 Å². The summed E-state index contributed by atoms with van der Waals surface area (Å²) in [4.78, 5) is 17.1. The van der Waals surface area contributed by atoms with E-state index in [0.717, 1.165) is 49.7 Å². The molecule has 0 bridgehead atoms. The van der Waals surface area contributed by atoms with Gasteiger partial charge in [-0.05, 0) is 62.7 Å². The van der Waals surface area contributed by atoms with Crippen LogP contribution in [0.15, 0.2) is 6.07 Å². The van der Waals surface area contributed by atoms with E-state index in [4.69, 9.17) is 0 Å². The summed E-state index contributed by atoms with van der Waals surface area (Å²) in [6.07, 6.45) is 4.72. The monoisotopic (exact) mass is 292 g/mol. The molecule has 1 aliphatic carbocycles. The van der Waals surface area contributed by atoms with Crippen LogP contribution in [0.25, 0.3) is 0 Å². The Bertz CT molecular complexity index is 497. The highest BCUT2D eigenvalue weighted by atomic mass is 32.1. The lowest BCUT2D eigenvalue weighted by Gasteiger charge is -2.16. The van der Waals surface area contributed by atoms with Crippen LogP contribution in [0.4, 0.5) is 0 Å². The molecule has 0 radical (unpaired) electrons. The SMILES string of the molecule is CNCC1CCN(C(=O)c2cc3c(s2)CCC(C)C3)C1. The van der Waals surface area contributed by atoms with Crippen molar-refractivity contribution in [1.82, 2.24) is 10.2 Å². The van der Waals surface area contributed by atoms with Gasteiger partial charge in [0.05, 0.1) is 4.88 Å². The molecule has 2 atom stereocenters. The van der Waals surface area contributed by atoms with Gasteiger partial charge in [0, 0.05) is 18.0 Å². The number of nitrogens with one attached hydrogen (secondary N) is 1. The molecule has 0 aromatic carbocycles. The largest absolute Gasteiger partial charge is 0.338 e. The van der Waals surface area contributed by atoms with Gasteiger partial charge in [0.2, 0.25) is 0 Å². The minimum atomic E-state index is 0.260. The molecule has 2 unspecified atom stereocenters. The summed E-state index contributed by atoms with van der Waals surface area (Å²) >= 11 is 1.74. The van der Waals surface area contributed by atoms with Crippen LogP contribution in [0.3, 0.4) is 0 Å². The van der Waals surface area contributed by atoms with Crippen molar-refractivity contribution in [1.29, 1.82) is 0 Å².